The zero-order valence-electron chi connectivity index (χ0n) is 12.1. The van der Waals surface area contributed by atoms with Crippen LogP contribution in [0, 0.1) is 0 Å². The highest BCUT2D eigenvalue weighted by molar-refractivity contribution is 7.89. The first kappa shape index (κ1) is 17.8. The van der Waals surface area contributed by atoms with E-state index in [1.54, 1.807) is 0 Å². The molecule has 0 saturated carbocycles. The number of sulfone groups is 1. The number of hydrogen-bond acceptors (Lipinski definition) is 7. The molecule has 0 saturated heterocycles. The maximum atomic E-state index is 12.7. The van der Waals surface area contributed by atoms with E-state index < -0.39 is 50.4 Å². The molecule has 9 nitrogen and oxygen atoms in total. The summed E-state index contributed by atoms with van der Waals surface area (Å²) in [5.41, 5.74) is 2.75. The van der Waals surface area contributed by atoms with Crippen molar-refractivity contribution in [2.24, 2.45) is 12.8 Å². The van der Waals surface area contributed by atoms with Gasteiger partial charge in [-0.2, -0.15) is 18.0 Å². The van der Waals surface area contributed by atoms with Crippen molar-refractivity contribution in [3.63, 3.8) is 0 Å². The second kappa shape index (κ2) is 6.14. The van der Waals surface area contributed by atoms with Crippen LogP contribution in [0.1, 0.15) is 27.6 Å². The zero-order chi connectivity index (χ0) is 18.1. The first-order valence-electron chi connectivity index (χ1n) is 6.28. The van der Waals surface area contributed by atoms with Gasteiger partial charge in [0.25, 0.3) is 5.91 Å². The van der Waals surface area contributed by atoms with Crippen LogP contribution < -0.4 is 5.73 Å². The summed E-state index contributed by atoms with van der Waals surface area (Å²) in [6, 6.07) is 1.35. The molecule has 1 amide bonds. The summed E-state index contributed by atoms with van der Waals surface area (Å²) in [6.07, 6.45) is -4.79. The summed E-state index contributed by atoms with van der Waals surface area (Å²) >= 11 is 0. The van der Waals surface area contributed by atoms with Crippen molar-refractivity contribution in [1.82, 2.24) is 25.2 Å². The predicted octanol–water partition coefficient (Wildman–Crippen LogP) is -0.162. The fraction of sp³-hybridized carbons (Fsp3) is 0.364. The Morgan fingerprint density at radius 2 is 1.96 bits per heavy atom. The standard InChI is InChI=1S/C11H11F3N6O3S/c1-20-18-9(17-19-20)5-24(22,23)4-7-6(10(15)21)2-3-8(16-7)11(12,13)14/h2-3H,4-5H2,1H3,(H2,15,21). The van der Waals surface area contributed by atoms with Gasteiger partial charge in [0.1, 0.15) is 11.4 Å². The van der Waals surface area contributed by atoms with Crippen LogP contribution in [-0.2, 0) is 34.6 Å². The highest BCUT2D eigenvalue weighted by Gasteiger charge is 2.34. The lowest BCUT2D eigenvalue weighted by Gasteiger charge is -2.11. The SMILES string of the molecule is Cn1nnc(CS(=O)(=O)Cc2nc(C(F)(F)F)ccc2C(N)=O)n1. The van der Waals surface area contributed by atoms with Gasteiger partial charge in [0.2, 0.25) is 0 Å². The number of aromatic nitrogens is 5. The number of nitrogens with two attached hydrogens (primary N) is 1. The Morgan fingerprint density at radius 3 is 2.46 bits per heavy atom. The third kappa shape index (κ3) is 4.24. The van der Waals surface area contributed by atoms with Gasteiger partial charge in [-0.3, -0.25) is 4.79 Å². The molecule has 0 atom stereocenters. The predicted molar refractivity (Wildman–Crippen MR) is 72.9 cm³/mol. The minimum atomic E-state index is -4.79. The number of nitrogens with zero attached hydrogens (tertiary/aromatic N) is 5. The van der Waals surface area contributed by atoms with Crippen molar-refractivity contribution in [3.05, 3.63) is 34.9 Å². The molecule has 0 fully saturated rings. The summed E-state index contributed by atoms with van der Waals surface area (Å²) in [7, 11) is -2.59. The molecule has 2 aromatic heterocycles. The van der Waals surface area contributed by atoms with Crippen LogP contribution in [0.5, 0.6) is 0 Å². The van der Waals surface area contributed by atoms with E-state index in [0.717, 1.165) is 10.9 Å². The number of alkyl halides is 3. The van der Waals surface area contributed by atoms with E-state index in [1.807, 2.05) is 0 Å². The average Bonchev–Trinajstić information content (AvgIpc) is 2.81. The molecule has 130 valence electrons. The third-order valence-corrected chi connectivity index (χ3v) is 4.20. The Kier molecular flexibility index (Phi) is 4.55. The number of carbonyl (C=O) groups excluding carboxylic acids is 1. The Morgan fingerprint density at radius 1 is 1.29 bits per heavy atom. The van der Waals surface area contributed by atoms with Crippen LogP contribution in [0.3, 0.4) is 0 Å². The number of hydrogen-bond donors (Lipinski definition) is 1. The number of primary amides is 1. The van der Waals surface area contributed by atoms with Crippen LogP contribution in [0.4, 0.5) is 13.2 Å². The molecular weight excluding hydrogens is 353 g/mol. The van der Waals surface area contributed by atoms with Crippen molar-refractivity contribution >= 4 is 15.7 Å². The molecule has 0 aliphatic heterocycles. The van der Waals surface area contributed by atoms with E-state index in [0.29, 0.717) is 6.07 Å². The maximum absolute atomic E-state index is 12.7. The minimum Gasteiger partial charge on any atom is -0.366 e. The average molecular weight is 364 g/mol. The largest absolute Gasteiger partial charge is 0.433 e. The van der Waals surface area contributed by atoms with Gasteiger partial charge >= 0.3 is 6.18 Å². The topological polar surface area (TPSA) is 134 Å². The Balaban J connectivity index is 2.37. The molecule has 2 heterocycles. The number of aryl methyl sites for hydroxylation is 1. The molecular formula is C11H11F3N6O3S. The normalized spacial score (nSPS) is 12.3. The quantitative estimate of drug-likeness (QED) is 0.779. The second-order valence-corrected chi connectivity index (χ2v) is 6.84. The molecule has 0 spiro atoms. The van der Waals surface area contributed by atoms with E-state index in [4.69, 9.17) is 5.73 Å². The van der Waals surface area contributed by atoms with Crippen molar-refractivity contribution in [2.45, 2.75) is 17.7 Å². The first-order valence-corrected chi connectivity index (χ1v) is 8.10. The number of tetrazole rings is 1. The molecule has 2 rings (SSSR count). The molecule has 24 heavy (non-hydrogen) atoms. The molecule has 2 N–H and O–H groups in total. The molecule has 0 aliphatic rings. The highest BCUT2D eigenvalue weighted by Crippen LogP contribution is 2.28. The number of rotatable bonds is 5. The monoisotopic (exact) mass is 364 g/mol. The summed E-state index contributed by atoms with van der Waals surface area (Å²) < 4.78 is 62.4. The molecule has 13 heteroatoms. The Labute approximate surface area is 133 Å². The lowest BCUT2D eigenvalue weighted by molar-refractivity contribution is -0.141. The summed E-state index contributed by atoms with van der Waals surface area (Å²) in [4.78, 5) is 15.6. The highest BCUT2D eigenvalue weighted by atomic mass is 32.2. The number of amides is 1. The lowest BCUT2D eigenvalue weighted by atomic mass is 10.1. The summed E-state index contributed by atoms with van der Waals surface area (Å²) in [6.45, 7) is 0. The fourth-order valence-corrected chi connectivity index (χ4v) is 3.08. The van der Waals surface area contributed by atoms with Crippen LogP contribution >= 0.6 is 0 Å². The first-order chi connectivity index (χ1) is 11.0. The van der Waals surface area contributed by atoms with E-state index in [-0.39, 0.29) is 5.82 Å². The van der Waals surface area contributed by atoms with E-state index in [2.05, 4.69) is 20.4 Å². The van der Waals surface area contributed by atoms with Crippen molar-refractivity contribution in [1.29, 1.82) is 0 Å². The fourth-order valence-electron chi connectivity index (χ4n) is 1.83. The van der Waals surface area contributed by atoms with Gasteiger partial charge in [0.15, 0.2) is 15.7 Å². The zero-order valence-corrected chi connectivity index (χ0v) is 13.0. The van der Waals surface area contributed by atoms with Gasteiger partial charge in [-0.15, -0.1) is 10.2 Å². The van der Waals surface area contributed by atoms with E-state index in [9.17, 15) is 26.4 Å². The lowest BCUT2D eigenvalue weighted by Crippen LogP contribution is -2.20. The van der Waals surface area contributed by atoms with Gasteiger partial charge in [0.05, 0.1) is 24.1 Å². The molecule has 0 bridgehead atoms. The van der Waals surface area contributed by atoms with Crippen LogP contribution in [0.25, 0.3) is 0 Å². The van der Waals surface area contributed by atoms with Gasteiger partial charge < -0.3 is 5.73 Å². The smallest absolute Gasteiger partial charge is 0.366 e. The van der Waals surface area contributed by atoms with Gasteiger partial charge in [-0.05, 0) is 17.3 Å². The van der Waals surface area contributed by atoms with Gasteiger partial charge in [-0.1, -0.05) is 0 Å². The molecule has 0 aromatic carbocycles. The number of pyridine rings is 1. The summed E-state index contributed by atoms with van der Waals surface area (Å²) in [5.74, 6) is -2.81. The third-order valence-electron chi connectivity index (χ3n) is 2.79. The van der Waals surface area contributed by atoms with Crippen LogP contribution in [-0.4, -0.2) is 39.5 Å². The van der Waals surface area contributed by atoms with Crippen molar-refractivity contribution < 1.29 is 26.4 Å². The number of carbonyl (C=O) groups is 1. The van der Waals surface area contributed by atoms with Gasteiger partial charge in [0, 0.05) is 0 Å². The molecule has 2 aromatic rings. The molecule has 0 aliphatic carbocycles. The molecule has 0 unspecified atom stereocenters. The van der Waals surface area contributed by atoms with E-state index in [1.165, 1.54) is 7.05 Å². The van der Waals surface area contributed by atoms with Crippen LogP contribution in [0.15, 0.2) is 12.1 Å². The van der Waals surface area contributed by atoms with Crippen molar-refractivity contribution in [2.75, 3.05) is 0 Å². The second-order valence-electron chi connectivity index (χ2n) is 4.78. The molecule has 0 radical (unpaired) electrons. The van der Waals surface area contributed by atoms with Crippen LogP contribution in [0.2, 0.25) is 0 Å². The van der Waals surface area contributed by atoms with E-state index >= 15 is 0 Å². The Hall–Kier alpha value is -2.57. The van der Waals surface area contributed by atoms with Gasteiger partial charge in [-0.25, -0.2) is 13.4 Å². The minimum absolute atomic E-state index is 0.134. The Bertz CT molecular complexity index is 877. The number of halogens is 3. The maximum Gasteiger partial charge on any atom is 0.433 e. The van der Waals surface area contributed by atoms with Crippen molar-refractivity contribution in [3.8, 4) is 0 Å². The summed E-state index contributed by atoms with van der Waals surface area (Å²) in [5, 5.41) is 10.6.